The summed E-state index contributed by atoms with van der Waals surface area (Å²) in [7, 11) is 0. The number of nitrogens with zero attached hydrogens (tertiary/aromatic N) is 1. The predicted molar refractivity (Wildman–Crippen MR) is 116 cm³/mol. The van der Waals surface area contributed by atoms with Crippen molar-refractivity contribution in [2.24, 2.45) is 0 Å². The summed E-state index contributed by atoms with van der Waals surface area (Å²) in [6.07, 6.45) is 2.01. The van der Waals surface area contributed by atoms with E-state index in [-0.39, 0.29) is 11.0 Å². The number of amides is 2. The summed E-state index contributed by atoms with van der Waals surface area (Å²) >= 11 is 0.802. The maximum atomic E-state index is 12.7. The van der Waals surface area contributed by atoms with Gasteiger partial charge >= 0.3 is 5.97 Å². The Morgan fingerprint density at radius 2 is 1.80 bits per heavy atom. The molecule has 0 radical (unpaired) electrons. The van der Waals surface area contributed by atoms with E-state index in [0.29, 0.717) is 24.3 Å². The Balaban J connectivity index is 1.72. The van der Waals surface area contributed by atoms with Gasteiger partial charge < -0.3 is 9.47 Å². The van der Waals surface area contributed by atoms with E-state index in [4.69, 9.17) is 9.47 Å². The number of rotatable bonds is 8. The predicted octanol–water partition coefficient (Wildman–Crippen LogP) is 4.64. The molecule has 0 N–H and O–H groups in total. The molecular weight excluding hydrogens is 402 g/mol. The van der Waals surface area contributed by atoms with Crippen LogP contribution in [0.1, 0.15) is 31.4 Å². The lowest BCUT2D eigenvalue weighted by molar-refractivity contribution is -0.150. The van der Waals surface area contributed by atoms with Gasteiger partial charge in [-0.3, -0.25) is 19.3 Å². The van der Waals surface area contributed by atoms with Gasteiger partial charge in [-0.25, -0.2) is 0 Å². The minimum Gasteiger partial charge on any atom is -0.488 e. The van der Waals surface area contributed by atoms with E-state index in [1.165, 1.54) is 0 Å². The summed E-state index contributed by atoms with van der Waals surface area (Å²) in [5.74, 6) is -0.507. The van der Waals surface area contributed by atoms with Crippen LogP contribution >= 0.6 is 11.8 Å². The van der Waals surface area contributed by atoms with E-state index in [9.17, 15) is 14.4 Å². The van der Waals surface area contributed by atoms with Crippen molar-refractivity contribution in [3.8, 4) is 5.75 Å². The van der Waals surface area contributed by atoms with Crippen LogP contribution in [0.15, 0.2) is 59.5 Å². The van der Waals surface area contributed by atoms with E-state index < -0.39 is 23.7 Å². The number of ether oxygens (including phenoxy) is 2. The van der Waals surface area contributed by atoms with Crippen LogP contribution in [-0.4, -0.2) is 34.7 Å². The molecule has 6 nitrogen and oxygen atoms in total. The van der Waals surface area contributed by atoms with Crippen LogP contribution in [0.2, 0.25) is 0 Å². The molecule has 1 atom stereocenters. The third-order valence-corrected chi connectivity index (χ3v) is 5.42. The first-order valence-corrected chi connectivity index (χ1v) is 10.5. The molecule has 2 aromatic carbocycles. The highest BCUT2D eigenvalue weighted by Gasteiger charge is 2.37. The minimum atomic E-state index is -0.598. The molecule has 2 amide bonds. The molecule has 3 rings (SSSR count). The van der Waals surface area contributed by atoms with Gasteiger partial charge in [-0.1, -0.05) is 55.5 Å². The van der Waals surface area contributed by atoms with Crippen LogP contribution < -0.4 is 4.74 Å². The summed E-state index contributed by atoms with van der Waals surface area (Å²) in [5, 5.41) is -0.491. The van der Waals surface area contributed by atoms with Crippen molar-refractivity contribution < 1.29 is 23.9 Å². The Hall–Kier alpha value is -3.06. The van der Waals surface area contributed by atoms with E-state index in [1.807, 2.05) is 61.5 Å². The second-order valence-corrected chi connectivity index (χ2v) is 7.78. The van der Waals surface area contributed by atoms with Gasteiger partial charge in [0.15, 0.2) is 0 Å². The third-order valence-electron chi connectivity index (χ3n) is 4.51. The summed E-state index contributed by atoms with van der Waals surface area (Å²) < 4.78 is 11.1. The Morgan fingerprint density at radius 1 is 1.10 bits per heavy atom. The smallest absolute Gasteiger partial charge is 0.326 e. The normalized spacial score (nSPS) is 16.1. The number of benzene rings is 2. The van der Waals surface area contributed by atoms with Gasteiger partial charge in [0.25, 0.3) is 11.1 Å². The Morgan fingerprint density at radius 3 is 2.53 bits per heavy atom. The SMILES string of the molecule is CC[C@@H](C)OC(=O)CN1C(=O)S/C(=C/c2ccccc2OCc2ccccc2)C1=O. The van der Waals surface area contributed by atoms with Gasteiger partial charge in [-0.05, 0) is 42.8 Å². The van der Waals surface area contributed by atoms with Crippen LogP contribution in [0.5, 0.6) is 5.75 Å². The fourth-order valence-corrected chi connectivity index (χ4v) is 3.55. The van der Waals surface area contributed by atoms with Gasteiger partial charge in [0.2, 0.25) is 0 Å². The van der Waals surface area contributed by atoms with Crippen molar-refractivity contribution in [1.82, 2.24) is 4.90 Å². The number of carbonyl (C=O) groups is 3. The van der Waals surface area contributed by atoms with Gasteiger partial charge in [-0.15, -0.1) is 0 Å². The molecule has 1 aliphatic heterocycles. The fraction of sp³-hybridized carbons (Fsp3) is 0.261. The maximum Gasteiger partial charge on any atom is 0.326 e. The van der Waals surface area contributed by atoms with Gasteiger partial charge in [-0.2, -0.15) is 0 Å². The largest absolute Gasteiger partial charge is 0.488 e. The Bertz CT molecular complexity index is 957. The van der Waals surface area contributed by atoms with Crippen LogP contribution in [-0.2, 0) is 20.9 Å². The van der Waals surface area contributed by atoms with Crippen molar-refractivity contribution in [1.29, 1.82) is 0 Å². The molecule has 1 heterocycles. The van der Waals surface area contributed by atoms with Crippen molar-refractivity contribution in [2.75, 3.05) is 6.54 Å². The van der Waals surface area contributed by atoms with Gasteiger partial charge in [0.1, 0.15) is 18.9 Å². The monoisotopic (exact) mass is 425 g/mol. The highest BCUT2D eigenvalue weighted by molar-refractivity contribution is 8.18. The molecule has 30 heavy (non-hydrogen) atoms. The maximum absolute atomic E-state index is 12.7. The molecular formula is C23H23NO5S. The van der Waals surface area contributed by atoms with Crippen LogP contribution in [0.3, 0.4) is 0 Å². The van der Waals surface area contributed by atoms with Gasteiger partial charge in [0, 0.05) is 5.56 Å². The van der Waals surface area contributed by atoms with Crippen LogP contribution in [0.25, 0.3) is 6.08 Å². The average Bonchev–Trinajstić information content (AvgIpc) is 3.01. The van der Waals surface area contributed by atoms with Gasteiger partial charge in [0.05, 0.1) is 11.0 Å². The highest BCUT2D eigenvalue weighted by Crippen LogP contribution is 2.34. The summed E-state index contributed by atoms with van der Waals surface area (Å²) in [6.45, 7) is 3.64. The second-order valence-electron chi connectivity index (χ2n) is 6.79. The van der Waals surface area contributed by atoms with E-state index in [1.54, 1.807) is 13.0 Å². The zero-order chi connectivity index (χ0) is 21.5. The van der Waals surface area contributed by atoms with Crippen molar-refractivity contribution in [2.45, 2.75) is 33.0 Å². The fourth-order valence-electron chi connectivity index (χ4n) is 2.72. The number of esters is 1. The molecule has 0 bridgehead atoms. The first-order valence-electron chi connectivity index (χ1n) is 9.68. The zero-order valence-electron chi connectivity index (χ0n) is 16.9. The number of para-hydroxylation sites is 1. The van der Waals surface area contributed by atoms with E-state index in [2.05, 4.69) is 0 Å². The molecule has 0 unspecified atom stereocenters. The van der Waals surface area contributed by atoms with E-state index in [0.717, 1.165) is 22.2 Å². The molecule has 0 aliphatic carbocycles. The standard InChI is InChI=1S/C23H23NO5S/c1-3-16(2)29-21(25)14-24-22(26)20(30-23(24)27)13-18-11-7-8-12-19(18)28-15-17-9-5-4-6-10-17/h4-13,16H,3,14-15H2,1-2H3/b20-13+/t16-/m1/s1. The molecule has 0 spiro atoms. The molecule has 0 aromatic heterocycles. The van der Waals surface area contributed by atoms with Crippen molar-refractivity contribution in [3.63, 3.8) is 0 Å². The topological polar surface area (TPSA) is 72.9 Å². The number of hydrogen-bond acceptors (Lipinski definition) is 6. The number of thioether (sulfide) groups is 1. The summed E-state index contributed by atoms with van der Waals surface area (Å²) in [6, 6.07) is 17.0. The first-order chi connectivity index (χ1) is 14.5. The number of imide groups is 1. The van der Waals surface area contributed by atoms with E-state index >= 15 is 0 Å². The molecule has 1 fully saturated rings. The molecule has 2 aromatic rings. The minimum absolute atomic E-state index is 0.243. The van der Waals surface area contributed by atoms with Crippen molar-refractivity contribution in [3.05, 3.63) is 70.6 Å². The lowest BCUT2D eigenvalue weighted by atomic mass is 10.1. The van der Waals surface area contributed by atoms with Crippen LogP contribution in [0.4, 0.5) is 4.79 Å². The number of carbonyl (C=O) groups excluding carboxylic acids is 3. The lowest BCUT2D eigenvalue weighted by Crippen LogP contribution is -2.35. The number of hydrogen-bond donors (Lipinski definition) is 0. The first kappa shape index (κ1) is 21.6. The summed E-state index contributed by atoms with van der Waals surface area (Å²) in [5.41, 5.74) is 1.70. The molecule has 7 heteroatoms. The molecule has 1 saturated heterocycles. The summed E-state index contributed by atoms with van der Waals surface area (Å²) in [4.78, 5) is 38.1. The molecule has 1 aliphatic rings. The molecule has 0 saturated carbocycles. The van der Waals surface area contributed by atoms with Crippen LogP contribution in [0, 0.1) is 0 Å². The Kier molecular flexibility index (Phi) is 7.30. The third kappa shape index (κ3) is 5.51. The van der Waals surface area contributed by atoms with Crippen molar-refractivity contribution >= 4 is 35.0 Å². The highest BCUT2D eigenvalue weighted by atomic mass is 32.2. The Labute approximate surface area is 179 Å². The zero-order valence-corrected chi connectivity index (χ0v) is 17.7. The quantitative estimate of drug-likeness (QED) is 0.453. The molecule has 156 valence electrons. The second kappa shape index (κ2) is 10.1. The average molecular weight is 426 g/mol. The lowest BCUT2D eigenvalue weighted by Gasteiger charge is -2.15.